The molecule has 1 heterocycles. The van der Waals surface area contributed by atoms with Crippen molar-refractivity contribution in [2.75, 3.05) is 11.4 Å². The zero-order chi connectivity index (χ0) is 12.3. The van der Waals surface area contributed by atoms with Crippen molar-refractivity contribution < 1.29 is 0 Å². The molecule has 0 radical (unpaired) electrons. The first-order valence-electron chi connectivity index (χ1n) is 6.50. The van der Waals surface area contributed by atoms with Crippen LogP contribution in [-0.2, 0) is 0 Å². The maximum absolute atomic E-state index is 9.25. The van der Waals surface area contributed by atoms with Gasteiger partial charge in [-0.05, 0) is 44.4 Å². The molecule has 0 bridgehead atoms. The van der Waals surface area contributed by atoms with Crippen molar-refractivity contribution >= 4 is 5.69 Å². The number of rotatable bonds is 1. The Morgan fingerprint density at radius 3 is 2.88 bits per heavy atom. The first-order valence-corrected chi connectivity index (χ1v) is 6.50. The molecule has 1 aliphatic heterocycles. The van der Waals surface area contributed by atoms with Gasteiger partial charge in [-0.15, -0.1) is 0 Å². The van der Waals surface area contributed by atoms with Gasteiger partial charge in [0, 0.05) is 12.6 Å². The van der Waals surface area contributed by atoms with Crippen LogP contribution in [0.4, 0.5) is 5.69 Å². The first-order chi connectivity index (χ1) is 8.22. The Bertz CT molecular complexity index is 431. The molecule has 2 heteroatoms. The van der Waals surface area contributed by atoms with Gasteiger partial charge in [0.05, 0.1) is 11.3 Å². The van der Waals surface area contributed by atoms with Gasteiger partial charge in [-0.2, -0.15) is 5.26 Å². The van der Waals surface area contributed by atoms with Gasteiger partial charge in [0.25, 0.3) is 0 Å². The molecule has 0 amide bonds. The topological polar surface area (TPSA) is 27.0 Å². The Morgan fingerprint density at radius 1 is 1.29 bits per heavy atom. The van der Waals surface area contributed by atoms with Gasteiger partial charge in [-0.3, -0.25) is 0 Å². The predicted molar refractivity (Wildman–Crippen MR) is 71.2 cm³/mol. The van der Waals surface area contributed by atoms with E-state index in [2.05, 4.69) is 30.0 Å². The number of hydrogen-bond acceptors (Lipinski definition) is 2. The lowest BCUT2D eigenvalue weighted by Gasteiger charge is -2.30. The molecule has 1 aliphatic rings. The van der Waals surface area contributed by atoms with Gasteiger partial charge >= 0.3 is 0 Å². The molecule has 1 saturated heterocycles. The lowest BCUT2D eigenvalue weighted by Crippen LogP contribution is -2.33. The normalized spacial score (nSPS) is 20.8. The standard InChI is InChI=1S/C15H20N2/c1-12-7-8-15(14(10-12)11-16)17-9-5-3-4-6-13(17)2/h7-8,10,13H,3-6,9H2,1-2H3. The van der Waals surface area contributed by atoms with Crippen LogP contribution in [0, 0.1) is 18.3 Å². The summed E-state index contributed by atoms with van der Waals surface area (Å²) >= 11 is 0. The number of benzene rings is 1. The van der Waals surface area contributed by atoms with E-state index in [4.69, 9.17) is 0 Å². The largest absolute Gasteiger partial charge is 0.368 e. The fraction of sp³-hybridized carbons (Fsp3) is 0.533. The third-order valence-electron chi connectivity index (χ3n) is 3.63. The van der Waals surface area contributed by atoms with E-state index >= 15 is 0 Å². The van der Waals surface area contributed by atoms with Crippen LogP contribution in [0.5, 0.6) is 0 Å². The summed E-state index contributed by atoms with van der Waals surface area (Å²) in [6, 6.07) is 9.09. The fourth-order valence-corrected chi connectivity index (χ4v) is 2.62. The van der Waals surface area contributed by atoms with E-state index in [1.165, 1.54) is 25.7 Å². The summed E-state index contributed by atoms with van der Waals surface area (Å²) in [6.07, 6.45) is 5.10. The molecule has 0 aliphatic carbocycles. The van der Waals surface area contributed by atoms with Crippen molar-refractivity contribution in [2.24, 2.45) is 0 Å². The molecule has 2 nitrogen and oxygen atoms in total. The Labute approximate surface area is 104 Å². The highest BCUT2D eigenvalue weighted by atomic mass is 15.2. The van der Waals surface area contributed by atoms with Crippen LogP contribution in [0.15, 0.2) is 18.2 Å². The van der Waals surface area contributed by atoms with Crippen LogP contribution in [0.25, 0.3) is 0 Å². The lowest BCUT2D eigenvalue weighted by atomic mass is 10.1. The minimum atomic E-state index is 0.548. The number of nitrogens with zero attached hydrogens (tertiary/aromatic N) is 2. The van der Waals surface area contributed by atoms with Gasteiger partial charge < -0.3 is 4.90 Å². The molecule has 0 aromatic heterocycles. The molecular formula is C15H20N2. The van der Waals surface area contributed by atoms with Crippen molar-refractivity contribution in [3.63, 3.8) is 0 Å². The fourth-order valence-electron chi connectivity index (χ4n) is 2.62. The second-order valence-corrected chi connectivity index (χ2v) is 5.02. The number of aryl methyl sites for hydroxylation is 1. The molecule has 0 saturated carbocycles. The molecule has 1 unspecified atom stereocenters. The predicted octanol–water partition coefficient (Wildman–Crippen LogP) is 3.64. The minimum absolute atomic E-state index is 0.548. The monoisotopic (exact) mass is 228 g/mol. The van der Waals surface area contributed by atoms with Crippen LogP contribution in [-0.4, -0.2) is 12.6 Å². The molecule has 2 rings (SSSR count). The molecule has 1 fully saturated rings. The zero-order valence-electron chi connectivity index (χ0n) is 10.7. The lowest BCUT2D eigenvalue weighted by molar-refractivity contribution is 0.616. The SMILES string of the molecule is Cc1ccc(N2CCCCCC2C)c(C#N)c1. The van der Waals surface area contributed by atoms with Crippen LogP contribution < -0.4 is 4.90 Å². The van der Waals surface area contributed by atoms with Crippen LogP contribution in [0.2, 0.25) is 0 Å². The summed E-state index contributed by atoms with van der Waals surface area (Å²) in [7, 11) is 0. The third-order valence-corrected chi connectivity index (χ3v) is 3.63. The molecule has 17 heavy (non-hydrogen) atoms. The van der Waals surface area contributed by atoms with E-state index in [0.717, 1.165) is 23.4 Å². The maximum Gasteiger partial charge on any atom is 0.101 e. The van der Waals surface area contributed by atoms with Crippen molar-refractivity contribution in [1.29, 1.82) is 5.26 Å². The summed E-state index contributed by atoms with van der Waals surface area (Å²) in [5.41, 5.74) is 3.10. The van der Waals surface area contributed by atoms with E-state index < -0.39 is 0 Å². The molecule has 1 aromatic carbocycles. The second-order valence-electron chi connectivity index (χ2n) is 5.02. The van der Waals surface area contributed by atoms with Gasteiger partial charge in [0.1, 0.15) is 6.07 Å². The van der Waals surface area contributed by atoms with Gasteiger partial charge in [0.15, 0.2) is 0 Å². The van der Waals surface area contributed by atoms with Crippen molar-refractivity contribution in [2.45, 2.75) is 45.6 Å². The Hall–Kier alpha value is -1.49. The van der Waals surface area contributed by atoms with Crippen LogP contribution in [0.1, 0.15) is 43.7 Å². The Balaban J connectivity index is 2.34. The number of nitriles is 1. The molecular weight excluding hydrogens is 208 g/mol. The molecule has 1 aromatic rings. The Kier molecular flexibility index (Phi) is 3.68. The highest BCUT2D eigenvalue weighted by molar-refractivity contribution is 5.61. The maximum atomic E-state index is 9.25. The van der Waals surface area contributed by atoms with E-state index in [1.54, 1.807) is 0 Å². The summed E-state index contributed by atoms with van der Waals surface area (Å²) < 4.78 is 0. The van der Waals surface area contributed by atoms with Crippen LogP contribution in [0.3, 0.4) is 0 Å². The first kappa shape index (κ1) is 12.0. The van der Waals surface area contributed by atoms with Gasteiger partial charge in [-0.25, -0.2) is 0 Å². The summed E-state index contributed by atoms with van der Waals surface area (Å²) in [5, 5.41) is 9.25. The second kappa shape index (κ2) is 5.23. The molecule has 90 valence electrons. The van der Waals surface area contributed by atoms with E-state index in [0.29, 0.717) is 6.04 Å². The minimum Gasteiger partial charge on any atom is -0.368 e. The highest BCUT2D eigenvalue weighted by Gasteiger charge is 2.19. The quantitative estimate of drug-likeness (QED) is 0.733. The summed E-state index contributed by atoms with van der Waals surface area (Å²) in [5.74, 6) is 0. The number of hydrogen-bond donors (Lipinski definition) is 0. The molecule has 0 N–H and O–H groups in total. The van der Waals surface area contributed by atoms with E-state index in [-0.39, 0.29) is 0 Å². The smallest absolute Gasteiger partial charge is 0.101 e. The van der Waals surface area contributed by atoms with E-state index in [9.17, 15) is 5.26 Å². The average molecular weight is 228 g/mol. The number of anilines is 1. The van der Waals surface area contributed by atoms with Crippen molar-refractivity contribution in [3.05, 3.63) is 29.3 Å². The van der Waals surface area contributed by atoms with Gasteiger partial charge in [0.2, 0.25) is 0 Å². The third kappa shape index (κ3) is 2.61. The molecule has 1 atom stereocenters. The zero-order valence-corrected chi connectivity index (χ0v) is 10.7. The summed E-state index contributed by atoms with van der Waals surface area (Å²) in [4.78, 5) is 2.41. The van der Waals surface area contributed by atoms with E-state index in [1.807, 2.05) is 13.0 Å². The Morgan fingerprint density at radius 2 is 2.12 bits per heavy atom. The average Bonchev–Trinajstić information content (AvgIpc) is 2.54. The van der Waals surface area contributed by atoms with Crippen LogP contribution >= 0.6 is 0 Å². The molecule has 0 spiro atoms. The summed E-state index contributed by atoms with van der Waals surface area (Å²) in [6.45, 7) is 5.39. The van der Waals surface area contributed by atoms with Gasteiger partial charge in [-0.1, -0.05) is 18.9 Å². The highest BCUT2D eigenvalue weighted by Crippen LogP contribution is 2.27. The van der Waals surface area contributed by atoms with Crippen molar-refractivity contribution in [1.82, 2.24) is 0 Å². The van der Waals surface area contributed by atoms with Crippen molar-refractivity contribution in [3.8, 4) is 6.07 Å².